The van der Waals surface area contributed by atoms with Crippen LogP contribution in [0.2, 0.25) is 0 Å². The molecule has 0 bridgehead atoms. The second-order valence-electron chi connectivity index (χ2n) is 4.77. The van der Waals surface area contributed by atoms with Crippen molar-refractivity contribution < 1.29 is 4.79 Å². The molecule has 7 nitrogen and oxygen atoms in total. The van der Waals surface area contributed by atoms with Crippen LogP contribution in [0.1, 0.15) is 31.2 Å². The fraction of sp³-hybridized carbons (Fsp3) is 0.357. The number of hydrogen-bond donors (Lipinski definition) is 0. The Morgan fingerprint density at radius 3 is 2.71 bits per heavy atom. The normalized spacial score (nSPS) is 18.1. The van der Waals surface area contributed by atoms with Gasteiger partial charge in [-0.25, -0.2) is 0 Å². The quantitative estimate of drug-likeness (QED) is 0.413. The molecule has 1 unspecified atom stereocenters. The molecule has 2 rings (SSSR count). The van der Waals surface area contributed by atoms with Gasteiger partial charge in [-0.3, -0.25) is 4.79 Å². The summed E-state index contributed by atoms with van der Waals surface area (Å²) in [6.07, 6.45) is 7.07. The van der Waals surface area contributed by atoms with Crippen LogP contribution in [0.3, 0.4) is 0 Å². The van der Waals surface area contributed by atoms with Crippen LogP contribution in [-0.2, 0) is 4.79 Å². The third-order valence-electron chi connectivity index (χ3n) is 3.45. The van der Waals surface area contributed by atoms with Crippen molar-refractivity contribution in [2.24, 2.45) is 16.1 Å². The SMILES string of the molecule is [N-]=[N+]=Nc1cccc(/C=C/C2CCCCC2=O)c1N=[N+]=[N-]. The van der Waals surface area contributed by atoms with Crippen LogP contribution in [0.15, 0.2) is 34.5 Å². The van der Waals surface area contributed by atoms with Gasteiger partial charge in [0.2, 0.25) is 0 Å². The Balaban J connectivity index is 2.34. The van der Waals surface area contributed by atoms with Gasteiger partial charge in [0.05, 0.1) is 5.69 Å². The van der Waals surface area contributed by atoms with E-state index >= 15 is 0 Å². The Bertz CT molecular complexity index is 668. The molecule has 0 N–H and O–H groups in total. The highest BCUT2D eigenvalue weighted by atomic mass is 16.1. The maximum absolute atomic E-state index is 11.8. The lowest BCUT2D eigenvalue weighted by Gasteiger charge is -2.16. The molecule has 0 heterocycles. The first-order chi connectivity index (χ1) is 10.3. The molecule has 1 saturated carbocycles. The summed E-state index contributed by atoms with van der Waals surface area (Å²) in [6, 6.07) is 5.04. The molecule has 0 spiro atoms. The lowest BCUT2D eigenvalue weighted by Crippen LogP contribution is -2.16. The Labute approximate surface area is 121 Å². The summed E-state index contributed by atoms with van der Waals surface area (Å²) in [6.45, 7) is 0. The fourth-order valence-corrected chi connectivity index (χ4v) is 2.40. The van der Waals surface area contributed by atoms with Crippen molar-refractivity contribution in [1.29, 1.82) is 0 Å². The van der Waals surface area contributed by atoms with Crippen LogP contribution >= 0.6 is 0 Å². The van der Waals surface area contributed by atoms with Crippen LogP contribution in [0.25, 0.3) is 27.0 Å². The first kappa shape index (κ1) is 14.7. The molecule has 1 aliphatic rings. The zero-order valence-corrected chi connectivity index (χ0v) is 11.4. The number of Topliss-reactive ketones (excluding diaryl/α,β-unsaturated/α-hetero) is 1. The topological polar surface area (TPSA) is 115 Å². The summed E-state index contributed by atoms with van der Waals surface area (Å²) in [4.78, 5) is 17.3. The standard InChI is InChI=1S/C14H14N6O/c15-19-17-12-6-3-5-11(14(12)18-20-16)9-8-10-4-1-2-7-13(10)21/h3,5-6,8-10H,1-2,4,7H2/b9-8+. The summed E-state index contributed by atoms with van der Waals surface area (Å²) in [5.41, 5.74) is 18.4. The number of allylic oxidation sites excluding steroid dienone is 1. The van der Waals surface area contributed by atoms with Gasteiger partial charge < -0.3 is 0 Å². The first-order valence-electron chi connectivity index (χ1n) is 6.70. The van der Waals surface area contributed by atoms with Gasteiger partial charge >= 0.3 is 0 Å². The molecule has 0 amide bonds. The number of benzene rings is 1. The summed E-state index contributed by atoms with van der Waals surface area (Å²) in [5.74, 6) is 0.162. The van der Waals surface area contributed by atoms with E-state index in [9.17, 15) is 4.79 Å². The van der Waals surface area contributed by atoms with Gasteiger partial charge in [-0.1, -0.05) is 47.0 Å². The molecule has 21 heavy (non-hydrogen) atoms. The van der Waals surface area contributed by atoms with Crippen LogP contribution < -0.4 is 0 Å². The Morgan fingerprint density at radius 2 is 2.00 bits per heavy atom. The highest BCUT2D eigenvalue weighted by molar-refractivity contribution is 5.85. The Morgan fingerprint density at radius 1 is 1.19 bits per heavy atom. The van der Waals surface area contributed by atoms with Crippen molar-refractivity contribution in [1.82, 2.24) is 0 Å². The van der Waals surface area contributed by atoms with Crippen molar-refractivity contribution >= 4 is 23.2 Å². The smallest absolute Gasteiger partial charge is 0.139 e. The molecule has 0 radical (unpaired) electrons. The lowest BCUT2D eigenvalue weighted by molar-refractivity contribution is -0.122. The average molecular weight is 282 g/mol. The number of nitrogens with zero attached hydrogens (tertiary/aromatic N) is 6. The predicted octanol–water partition coefficient (Wildman–Crippen LogP) is 5.34. The van der Waals surface area contributed by atoms with Crippen molar-refractivity contribution in [3.8, 4) is 0 Å². The van der Waals surface area contributed by atoms with Crippen molar-refractivity contribution in [3.63, 3.8) is 0 Å². The maximum Gasteiger partial charge on any atom is 0.139 e. The van der Waals surface area contributed by atoms with Gasteiger partial charge in [0.15, 0.2) is 0 Å². The maximum atomic E-state index is 11.8. The molecule has 1 fully saturated rings. The average Bonchev–Trinajstić information content (AvgIpc) is 2.49. The van der Waals surface area contributed by atoms with Crippen molar-refractivity contribution in [3.05, 3.63) is 50.7 Å². The number of azide groups is 2. The van der Waals surface area contributed by atoms with Crippen LogP contribution in [-0.4, -0.2) is 5.78 Å². The Kier molecular flexibility index (Phi) is 4.99. The molecule has 0 aliphatic heterocycles. The first-order valence-corrected chi connectivity index (χ1v) is 6.70. The lowest BCUT2D eigenvalue weighted by atomic mass is 9.87. The number of carbonyl (C=O) groups excluding carboxylic acids is 1. The zero-order chi connectivity index (χ0) is 15.1. The number of carbonyl (C=O) groups is 1. The Hall–Kier alpha value is -2.75. The van der Waals surface area contributed by atoms with Gasteiger partial charge in [0.1, 0.15) is 5.78 Å². The van der Waals surface area contributed by atoms with Crippen LogP contribution in [0, 0.1) is 5.92 Å². The minimum Gasteiger partial charge on any atom is -0.299 e. The highest BCUT2D eigenvalue weighted by Crippen LogP contribution is 2.33. The minimum atomic E-state index is -0.0826. The molecular weight excluding hydrogens is 268 g/mol. The minimum absolute atomic E-state index is 0.0826. The highest BCUT2D eigenvalue weighted by Gasteiger charge is 2.19. The molecule has 1 aliphatic carbocycles. The van der Waals surface area contributed by atoms with Gasteiger partial charge in [-0.05, 0) is 29.5 Å². The molecular formula is C14H14N6O. The molecule has 0 aromatic heterocycles. The van der Waals surface area contributed by atoms with E-state index in [2.05, 4.69) is 20.1 Å². The second-order valence-corrected chi connectivity index (χ2v) is 4.77. The second kappa shape index (κ2) is 7.14. The van der Waals surface area contributed by atoms with E-state index in [0.717, 1.165) is 19.3 Å². The zero-order valence-electron chi connectivity index (χ0n) is 11.4. The number of rotatable bonds is 4. The third kappa shape index (κ3) is 3.63. The van der Waals surface area contributed by atoms with E-state index in [1.807, 2.05) is 6.08 Å². The summed E-state index contributed by atoms with van der Waals surface area (Å²) in [5, 5.41) is 7.10. The van der Waals surface area contributed by atoms with E-state index in [-0.39, 0.29) is 23.1 Å². The van der Waals surface area contributed by atoms with Crippen LogP contribution in [0.5, 0.6) is 0 Å². The summed E-state index contributed by atoms with van der Waals surface area (Å²) < 4.78 is 0. The molecule has 1 aromatic rings. The molecule has 7 heteroatoms. The fourth-order valence-electron chi connectivity index (χ4n) is 2.40. The summed E-state index contributed by atoms with van der Waals surface area (Å²) >= 11 is 0. The van der Waals surface area contributed by atoms with Crippen molar-refractivity contribution in [2.45, 2.75) is 25.7 Å². The predicted molar refractivity (Wildman–Crippen MR) is 80.1 cm³/mol. The van der Waals surface area contributed by atoms with E-state index in [4.69, 9.17) is 11.1 Å². The number of ketones is 1. The van der Waals surface area contributed by atoms with Gasteiger partial charge in [-0.15, -0.1) is 0 Å². The van der Waals surface area contributed by atoms with Crippen LogP contribution in [0.4, 0.5) is 11.4 Å². The molecule has 1 atom stereocenters. The van der Waals surface area contributed by atoms with Gasteiger partial charge in [0.25, 0.3) is 0 Å². The van der Waals surface area contributed by atoms with E-state index < -0.39 is 0 Å². The van der Waals surface area contributed by atoms with Gasteiger partial charge in [-0.2, -0.15) is 0 Å². The molecule has 106 valence electrons. The monoisotopic (exact) mass is 282 g/mol. The van der Waals surface area contributed by atoms with Crippen molar-refractivity contribution in [2.75, 3.05) is 0 Å². The third-order valence-corrected chi connectivity index (χ3v) is 3.45. The van der Waals surface area contributed by atoms with E-state index in [1.54, 1.807) is 24.3 Å². The summed E-state index contributed by atoms with van der Waals surface area (Å²) in [7, 11) is 0. The molecule has 0 saturated heterocycles. The largest absolute Gasteiger partial charge is 0.299 e. The van der Waals surface area contributed by atoms with E-state index in [1.165, 1.54) is 0 Å². The molecule has 1 aromatic carbocycles. The van der Waals surface area contributed by atoms with Gasteiger partial charge in [0, 0.05) is 27.8 Å². The number of hydrogen-bond acceptors (Lipinski definition) is 3. The van der Waals surface area contributed by atoms with E-state index in [0.29, 0.717) is 12.0 Å².